The summed E-state index contributed by atoms with van der Waals surface area (Å²) in [7, 11) is 1.36. The largest absolute Gasteiger partial charge is 0.468 e. The van der Waals surface area contributed by atoms with E-state index in [2.05, 4.69) is 4.74 Å². The van der Waals surface area contributed by atoms with Crippen molar-refractivity contribution in [3.8, 4) is 0 Å². The van der Waals surface area contributed by atoms with Gasteiger partial charge in [0.25, 0.3) is 0 Å². The van der Waals surface area contributed by atoms with Crippen LogP contribution in [0.25, 0.3) is 0 Å². The second kappa shape index (κ2) is 4.37. The second-order valence-corrected chi connectivity index (χ2v) is 3.32. The van der Waals surface area contributed by atoms with Gasteiger partial charge in [-0.2, -0.15) is 0 Å². The molecule has 0 aliphatic carbocycles. The van der Waals surface area contributed by atoms with E-state index in [4.69, 9.17) is 0 Å². The molecule has 74 valence electrons. The summed E-state index contributed by atoms with van der Waals surface area (Å²) in [6.07, 6.45) is 1.85. The summed E-state index contributed by atoms with van der Waals surface area (Å²) in [6.45, 7) is 2.63. The Morgan fingerprint density at radius 1 is 1.54 bits per heavy atom. The highest BCUT2D eigenvalue weighted by atomic mass is 16.5. The predicted molar refractivity (Wildman–Crippen MR) is 47.3 cm³/mol. The van der Waals surface area contributed by atoms with E-state index in [9.17, 15) is 9.59 Å². The molecule has 1 heterocycles. The molecule has 0 amide bonds. The average molecular weight is 185 g/mol. The topological polar surface area (TPSA) is 46.6 Å². The second-order valence-electron chi connectivity index (χ2n) is 3.32. The van der Waals surface area contributed by atoms with Crippen LogP contribution in [0.4, 0.5) is 0 Å². The smallest absolute Gasteiger partial charge is 0.319 e. The SMILES string of the molecule is COC(=O)CN1CCCC1C(C)=O. The molecule has 0 bridgehead atoms. The number of ether oxygens (including phenoxy) is 1. The maximum absolute atomic E-state index is 11.1. The summed E-state index contributed by atoms with van der Waals surface area (Å²) < 4.78 is 4.55. The van der Waals surface area contributed by atoms with Gasteiger partial charge in [-0.3, -0.25) is 14.5 Å². The van der Waals surface area contributed by atoms with E-state index in [1.54, 1.807) is 6.92 Å². The van der Waals surface area contributed by atoms with Gasteiger partial charge in [0.15, 0.2) is 0 Å². The van der Waals surface area contributed by atoms with Crippen LogP contribution in [0.2, 0.25) is 0 Å². The van der Waals surface area contributed by atoms with Crippen LogP contribution in [0.5, 0.6) is 0 Å². The number of nitrogens with zero attached hydrogens (tertiary/aromatic N) is 1. The number of esters is 1. The van der Waals surface area contributed by atoms with Gasteiger partial charge >= 0.3 is 5.97 Å². The van der Waals surface area contributed by atoms with Crippen LogP contribution in [0.1, 0.15) is 19.8 Å². The minimum Gasteiger partial charge on any atom is -0.468 e. The molecule has 0 aromatic rings. The molecule has 0 N–H and O–H groups in total. The van der Waals surface area contributed by atoms with Crippen LogP contribution in [-0.4, -0.2) is 42.9 Å². The molecule has 13 heavy (non-hydrogen) atoms. The van der Waals surface area contributed by atoms with Gasteiger partial charge in [-0.05, 0) is 26.3 Å². The van der Waals surface area contributed by atoms with Gasteiger partial charge in [0.1, 0.15) is 5.78 Å². The summed E-state index contributed by atoms with van der Waals surface area (Å²) in [6, 6.07) is -0.0703. The lowest BCUT2D eigenvalue weighted by atomic mass is 10.1. The molecule has 4 nitrogen and oxygen atoms in total. The monoisotopic (exact) mass is 185 g/mol. The Bertz CT molecular complexity index is 215. The molecule has 0 aromatic carbocycles. The first-order valence-electron chi connectivity index (χ1n) is 4.46. The third-order valence-corrected chi connectivity index (χ3v) is 2.39. The average Bonchev–Trinajstić information content (AvgIpc) is 2.52. The van der Waals surface area contributed by atoms with Crippen molar-refractivity contribution in [1.82, 2.24) is 4.90 Å². The highest BCUT2D eigenvalue weighted by Gasteiger charge is 2.29. The standard InChI is InChI=1S/C9H15NO3/c1-7(11)8-4-3-5-10(8)6-9(12)13-2/h8H,3-6H2,1-2H3. The zero-order valence-electron chi connectivity index (χ0n) is 8.08. The highest BCUT2D eigenvalue weighted by Crippen LogP contribution is 2.17. The maximum atomic E-state index is 11.1. The van der Waals surface area contributed by atoms with Gasteiger partial charge in [0.05, 0.1) is 19.7 Å². The summed E-state index contributed by atoms with van der Waals surface area (Å²) in [4.78, 5) is 24.0. The van der Waals surface area contributed by atoms with E-state index in [1.807, 2.05) is 4.90 Å². The predicted octanol–water partition coefficient (Wildman–Crippen LogP) is 0.213. The number of carbonyl (C=O) groups excluding carboxylic acids is 2. The summed E-state index contributed by atoms with van der Waals surface area (Å²) in [5.41, 5.74) is 0. The maximum Gasteiger partial charge on any atom is 0.319 e. The molecule has 1 fully saturated rings. The summed E-state index contributed by atoms with van der Waals surface area (Å²) >= 11 is 0. The molecule has 1 aliphatic rings. The molecular formula is C9H15NO3. The number of rotatable bonds is 3. The van der Waals surface area contributed by atoms with Crippen LogP contribution in [-0.2, 0) is 14.3 Å². The number of Topliss-reactive ketones (excluding diaryl/α,β-unsaturated/α-hetero) is 1. The molecular weight excluding hydrogens is 170 g/mol. The van der Waals surface area contributed by atoms with Gasteiger partial charge in [0.2, 0.25) is 0 Å². The fourth-order valence-electron chi connectivity index (χ4n) is 1.71. The molecule has 1 aliphatic heterocycles. The van der Waals surface area contributed by atoms with Gasteiger partial charge in [0, 0.05) is 0 Å². The van der Waals surface area contributed by atoms with E-state index in [1.165, 1.54) is 7.11 Å². The fourth-order valence-corrected chi connectivity index (χ4v) is 1.71. The van der Waals surface area contributed by atoms with Crippen LogP contribution in [0, 0.1) is 0 Å². The summed E-state index contributed by atoms with van der Waals surface area (Å²) in [5, 5.41) is 0. The van der Waals surface area contributed by atoms with Crippen molar-refractivity contribution in [2.75, 3.05) is 20.2 Å². The lowest BCUT2D eigenvalue weighted by Gasteiger charge is -2.20. The Morgan fingerprint density at radius 2 is 2.23 bits per heavy atom. The van der Waals surface area contributed by atoms with Crippen LogP contribution in [0.3, 0.4) is 0 Å². The third-order valence-electron chi connectivity index (χ3n) is 2.39. The normalized spacial score (nSPS) is 23.1. The number of carbonyl (C=O) groups is 2. The fraction of sp³-hybridized carbons (Fsp3) is 0.778. The number of hydrogen-bond acceptors (Lipinski definition) is 4. The van der Waals surface area contributed by atoms with E-state index in [0.29, 0.717) is 0 Å². The van der Waals surface area contributed by atoms with E-state index in [0.717, 1.165) is 19.4 Å². The van der Waals surface area contributed by atoms with Crippen molar-refractivity contribution < 1.29 is 14.3 Å². The number of ketones is 1. The highest BCUT2D eigenvalue weighted by molar-refractivity contribution is 5.82. The Morgan fingerprint density at radius 3 is 2.77 bits per heavy atom. The quantitative estimate of drug-likeness (QED) is 0.590. The molecule has 0 aromatic heterocycles. The zero-order valence-corrected chi connectivity index (χ0v) is 8.08. The molecule has 1 unspecified atom stereocenters. The van der Waals surface area contributed by atoms with E-state index >= 15 is 0 Å². The first-order chi connectivity index (χ1) is 6.15. The number of hydrogen-bond donors (Lipinski definition) is 0. The Hall–Kier alpha value is -0.900. The minimum absolute atomic E-state index is 0.0703. The molecule has 0 saturated carbocycles. The van der Waals surface area contributed by atoms with Crippen molar-refractivity contribution in [2.45, 2.75) is 25.8 Å². The van der Waals surface area contributed by atoms with Crippen molar-refractivity contribution in [3.63, 3.8) is 0 Å². The van der Waals surface area contributed by atoms with Crippen LogP contribution >= 0.6 is 0 Å². The van der Waals surface area contributed by atoms with Crippen LogP contribution in [0.15, 0.2) is 0 Å². The van der Waals surface area contributed by atoms with Gasteiger partial charge < -0.3 is 4.74 Å². The molecule has 1 rings (SSSR count). The lowest BCUT2D eigenvalue weighted by Crippen LogP contribution is -2.38. The molecule has 0 radical (unpaired) electrons. The summed E-state index contributed by atoms with van der Waals surface area (Å²) in [5.74, 6) is -0.130. The van der Waals surface area contributed by atoms with Crippen molar-refractivity contribution in [1.29, 1.82) is 0 Å². The van der Waals surface area contributed by atoms with Gasteiger partial charge in [-0.1, -0.05) is 0 Å². The molecule has 1 saturated heterocycles. The van der Waals surface area contributed by atoms with Crippen molar-refractivity contribution in [3.05, 3.63) is 0 Å². The van der Waals surface area contributed by atoms with Gasteiger partial charge in [-0.15, -0.1) is 0 Å². The lowest BCUT2D eigenvalue weighted by molar-refractivity contribution is -0.142. The Labute approximate surface area is 77.8 Å². The van der Waals surface area contributed by atoms with Crippen molar-refractivity contribution in [2.24, 2.45) is 0 Å². The third kappa shape index (κ3) is 2.52. The van der Waals surface area contributed by atoms with Crippen molar-refractivity contribution >= 4 is 11.8 Å². The Balaban J connectivity index is 2.48. The molecule has 4 heteroatoms. The molecule has 1 atom stereocenters. The van der Waals surface area contributed by atoms with Gasteiger partial charge in [-0.25, -0.2) is 0 Å². The first kappa shape index (κ1) is 10.2. The number of likely N-dealkylation sites (tertiary alicyclic amines) is 1. The Kier molecular flexibility index (Phi) is 3.42. The van der Waals surface area contributed by atoms with E-state index < -0.39 is 0 Å². The van der Waals surface area contributed by atoms with E-state index in [-0.39, 0.29) is 24.3 Å². The zero-order chi connectivity index (χ0) is 9.84. The first-order valence-corrected chi connectivity index (χ1v) is 4.46. The molecule has 0 spiro atoms. The van der Waals surface area contributed by atoms with Crippen LogP contribution < -0.4 is 0 Å². The number of methoxy groups -OCH3 is 1. The minimum atomic E-state index is -0.270.